The summed E-state index contributed by atoms with van der Waals surface area (Å²) in [6, 6.07) is 11.8. The van der Waals surface area contributed by atoms with Crippen LogP contribution >= 0.6 is 0 Å². The minimum Gasteiger partial charge on any atom is -0.206 e. The molecule has 0 unspecified atom stereocenters. The summed E-state index contributed by atoms with van der Waals surface area (Å²) in [6.45, 7) is 16.3. The van der Waals surface area contributed by atoms with Gasteiger partial charge in [0.25, 0.3) is 0 Å². The Morgan fingerprint density at radius 3 is 1.65 bits per heavy atom. The molecule has 4 rings (SSSR count). The summed E-state index contributed by atoms with van der Waals surface area (Å²) in [5, 5.41) is 0. The highest BCUT2D eigenvalue weighted by Crippen LogP contribution is 2.38. The van der Waals surface area contributed by atoms with Crippen molar-refractivity contribution in [2.75, 3.05) is 0 Å². The monoisotopic (exact) mass is 500 g/mol. The molecule has 0 nitrogen and oxygen atoms in total. The summed E-state index contributed by atoms with van der Waals surface area (Å²) >= 11 is 0. The molecule has 37 heavy (non-hydrogen) atoms. The van der Waals surface area contributed by atoms with Crippen molar-refractivity contribution < 1.29 is 13.2 Å². The van der Waals surface area contributed by atoms with Crippen molar-refractivity contribution in [3.8, 4) is 33.4 Å². The summed E-state index contributed by atoms with van der Waals surface area (Å²) in [5.41, 5.74) is 11.5. The van der Waals surface area contributed by atoms with Crippen molar-refractivity contribution in [2.45, 2.75) is 68.2 Å². The van der Waals surface area contributed by atoms with E-state index in [1.165, 1.54) is 28.8 Å². The van der Waals surface area contributed by atoms with E-state index in [1.807, 2.05) is 40.7 Å². The van der Waals surface area contributed by atoms with Gasteiger partial charge >= 0.3 is 0 Å². The zero-order chi connectivity index (χ0) is 27.2. The Bertz CT molecular complexity index is 1530. The van der Waals surface area contributed by atoms with E-state index in [1.54, 1.807) is 18.2 Å². The van der Waals surface area contributed by atoms with Gasteiger partial charge in [0.1, 0.15) is 5.82 Å². The second-order valence-electron chi connectivity index (χ2n) is 10.3. The van der Waals surface area contributed by atoms with Crippen molar-refractivity contribution in [2.24, 2.45) is 0 Å². The fourth-order valence-corrected chi connectivity index (χ4v) is 5.43. The minimum absolute atomic E-state index is 0.0484. The van der Waals surface area contributed by atoms with E-state index >= 15 is 13.2 Å². The van der Waals surface area contributed by atoms with Gasteiger partial charge in [-0.2, -0.15) is 0 Å². The predicted octanol–water partition coefficient (Wildman–Crippen LogP) is 10.2. The van der Waals surface area contributed by atoms with Crippen LogP contribution in [0.15, 0.2) is 42.5 Å². The molecule has 3 heteroatoms. The van der Waals surface area contributed by atoms with Crippen molar-refractivity contribution in [3.05, 3.63) is 104 Å². The lowest BCUT2D eigenvalue weighted by Gasteiger charge is -2.18. The molecule has 192 valence electrons. The van der Waals surface area contributed by atoms with Crippen LogP contribution in [-0.4, -0.2) is 0 Å². The Morgan fingerprint density at radius 2 is 1.05 bits per heavy atom. The maximum Gasteiger partial charge on any atom is 0.167 e. The van der Waals surface area contributed by atoms with E-state index in [0.717, 1.165) is 51.8 Å². The molecule has 0 N–H and O–H groups in total. The first-order chi connectivity index (χ1) is 17.5. The maximum absolute atomic E-state index is 15.5. The zero-order valence-electron chi connectivity index (χ0n) is 23.1. The van der Waals surface area contributed by atoms with Gasteiger partial charge in [0.2, 0.25) is 0 Å². The summed E-state index contributed by atoms with van der Waals surface area (Å²) in [5.74, 6) is -2.56. The highest BCUT2D eigenvalue weighted by atomic mass is 19.2. The number of rotatable bonds is 5. The molecule has 0 saturated carbocycles. The summed E-state index contributed by atoms with van der Waals surface area (Å²) in [6.07, 6.45) is 1.97. The van der Waals surface area contributed by atoms with E-state index in [2.05, 4.69) is 26.8 Å². The van der Waals surface area contributed by atoms with E-state index in [0.29, 0.717) is 5.56 Å². The third-order valence-electron chi connectivity index (χ3n) is 8.18. The standard InChI is InChI=1S/C34H35F3/c1-9-10-26-19(3)16-31(24(8)23(26)7)29-14-13-28(33(36)34(29)37)27-12-11-25(17-32(27)35)30-15-18(2)20(4)21(5)22(30)6/h11-17H,9-10H2,1-8H3. The Labute approximate surface area is 219 Å². The molecule has 0 aliphatic heterocycles. The number of halogens is 3. The van der Waals surface area contributed by atoms with Crippen LogP contribution in [0.25, 0.3) is 33.4 Å². The first-order valence-electron chi connectivity index (χ1n) is 12.9. The molecule has 0 radical (unpaired) electrons. The molecule has 0 spiro atoms. The van der Waals surface area contributed by atoms with Crippen LogP contribution in [0.1, 0.15) is 57.9 Å². The molecular weight excluding hydrogens is 465 g/mol. The Kier molecular flexibility index (Phi) is 7.37. The highest BCUT2D eigenvalue weighted by molar-refractivity contribution is 5.78. The van der Waals surface area contributed by atoms with Gasteiger partial charge in [0.05, 0.1) is 0 Å². The third-order valence-corrected chi connectivity index (χ3v) is 8.18. The van der Waals surface area contributed by atoms with E-state index in [4.69, 9.17) is 0 Å². The van der Waals surface area contributed by atoms with Gasteiger partial charge in [0.15, 0.2) is 11.6 Å². The normalized spacial score (nSPS) is 11.3. The number of hydrogen-bond acceptors (Lipinski definition) is 0. The quantitative estimate of drug-likeness (QED) is 0.256. The molecule has 0 heterocycles. The minimum atomic E-state index is -1.03. The van der Waals surface area contributed by atoms with E-state index in [-0.39, 0.29) is 16.7 Å². The van der Waals surface area contributed by atoms with Crippen molar-refractivity contribution in [1.82, 2.24) is 0 Å². The molecule has 0 atom stereocenters. The van der Waals surface area contributed by atoms with Crippen LogP contribution < -0.4 is 0 Å². The summed E-state index contributed by atoms with van der Waals surface area (Å²) in [4.78, 5) is 0. The fraction of sp³-hybridized carbons (Fsp3) is 0.294. The van der Waals surface area contributed by atoms with Gasteiger partial charge in [-0.15, -0.1) is 0 Å². The van der Waals surface area contributed by atoms with Crippen LogP contribution in [0.3, 0.4) is 0 Å². The largest absolute Gasteiger partial charge is 0.206 e. The number of aryl methyl sites for hydroxylation is 2. The molecule has 0 aliphatic carbocycles. The van der Waals surface area contributed by atoms with Gasteiger partial charge in [-0.05, 0) is 122 Å². The Balaban J connectivity index is 1.79. The first kappa shape index (κ1) is 26.7. The molecule has 0 fully saturated rings. The second kappa shape index (κ2) is 10.2. The Hall–Kier alpha value is -3.33. The van der Waals surface area contributed by atoms with Gasteiger partial charge in [-0.25, -0.2) is 13.2 Å². The molecular formula is C34H35F3. The lowest BCUT2D eigenvalue weighted by Crippen LogP contribution is -2.02. The number of benzene rings is 4. The third kappa shape index (κ3) is 4.61. The van der Waals surface area contributed by atoms with Crippen LogP contribution in [0.4, 0.5) is 13.2 Å². The Morgan fingerprint density at radius 1 is 0.514 bits per heavy atom. The van der Waals surface area contributed by atoms with Crippen molar-refractivity contribution in [1.29, 1.82) is 0 Å². The van der Waals surface area contributed by atoms with Gasteiger partial charge in [-0.1, -0.05) is 49.7 Å². The SMILES string of the molecule is CCCc1c(C)cc(-c2ccc(-c3ccc(-c4cc(C)c(C)c(C)c4C)cc3F)c(F)c2F)c(C)c1C. The maximum atomic E-state index is 15.5. The lowest BCUT2D eigenvalue weighted by molar-refractivity contribution is 0.512. The predicted molar refractivity (Wildman–Crippen MR) is 150 cm³/mol. The molecule has 4 aromatic rings. The van der Waals surface area contributed by atoms with Crippen LogP contribution in [-0.2, 0) is 6.42 Å². The first-order valence-corrected chi connectivity index (χ1v) is 12.9. The average molecular weight is 501 g/mol. The van der Waals surface area contributed by atoms with Crippen LogP contribution in [0.5, 0.6) is 0 Å². The second-order valence-corrected chi connectivity index (χ2v) is 10.3. The van der Waals surface area contributed by atoms with Gasteiger partial charge in [-0.3, -0.25) is 0 Å². The van der Waals surface area contributed by atoms with E-state index in [9.17, 15) is 0 Å². The van der Waals surface area contributed by atoms with Crippen LogP contribution in [0.2, 0.25) is 0 Å². The highest BCUT2D eigenvalue weighted by Gasteiger charge is 2.21. The summed E-state index contributed by atoms with van der Waals surface area (Å²) in [7, 11) is 0. The lowest BCUT2D eigenvalue weighted by atomic mass is 9.87. The molecule has 0 aliphatic rings. The number of hydrogen-bond donors (Lipinski definition) is 0. The molecule has 4 aromatic carbocycles. The van der Waals surface area contributed by atoms with Gasteiger partial charge < -0.3 is 0 Å². The molecule has 0 saturated heterocycles. The summed E-state index contributed by atoms with van der Waals surface area (Å²) < 4.78 is 46.3. The van der Waals surface area contributed by atoms with Gasteiger partial charge in [0, 0.05) is 16.7 Å². The molecule has 0 amide bonds. The molecule has 0 bridgehead atoms. The molecule has 0 aromatic heterocycles. The van der Waals surface area contributed by atoms with Crippen molar-refractivity contribution in [3.63, 3.8) is 0 Å². The zero-order valence-corrected chi connectivity index (χ0v) is 23.1. The van der Waals surface area contributed by atoms with Crippen molar-refractivity contribution >= 4 is 0 Å². The average Bonchev–Trinajstić information content (AvgIpc) is 2.87. The topological polar surface area (TPSA) is 0 Å². The van der Waals surface area contributed by atoms with Crippen LogP contribution in [0, 0.1) is 65.9 Å². The van der Waals surface area contributed by atoms with E-state index < -0.39 is 17.5 Å². The smallest absolute Gasteiger partial charge is 0.167 e. The fourth-order valence-electron chi connectivity index (χ4n) is 5.43.